The van der Waals surface area contributed by atoms with Crippen molar-refractivity contribution in [3.8, 4) is 11.8 Å². The summed E-state index contributed by atoms with van der Waals surface area (Å²) in [5, 5.41) is 9.95. The molecular formula is C26H28N2O3. The van der Waals surface area contributed by atoms with Gasteiger partial charge in [-0.25, -0.2) is 0 Å². The largest absolute Gasteiger partial charge is 0.394 e. The number of aliphatic hydroxyl groups is 1. The third kappa shape index (κ3) is 4.35. The fraction of sp³-hybridized carbons (Fsp3) is 0.385. The highest BCUT2D eigenvalue weighted by Crippen LogP contribution is 2.42. The molecule has 160 valence electrons. The van der Waals surface area contributed by atoms with Crippen molar-refractivity contribution in [1.29, 1.82) is 0 Å². The van der Waals surface area contributed by atoms with E-state index in [0.717, 1.165) is 16.7 Å². The van der Waals surface area contributed by atoms with Gasteiger partial charge in [-0.2, -0.15) is 0 Å². The van der Waals surface area contributed by atoms with Gasteiger partial charge >= 0.3 is 0 Å². The van der Waals surface area contributed by atoms with E-state index < -0.39 is 0 Å². The number of rotatable bonds is 4. The Morgan fingerprint density at radius 2 is 1.84 bits per heavy atom. The van der Waals surface area contributed by atoms with Crippen LogP contribution in [0.25, 0.3) is 0 Å². The summed E-state index contributed by atoms with van der Waals surface area (Å²) in [5.41, 5.74) is 2.97. The van der Waals surface area contributed by atoms with Gasteiger partial charge < -0.3 is 14.9 Å². The predicted molar refractivity (Wildman–Crippen MR) is 119 cm³/mol. The van der Waals surface area contributed by atoms with E-state index in [0.29, 0.717) is 12.5 Å². The Balaban J connectivity index is 1.50. The van der Waals surface area contributed by atoms with E-state index in [9.17, 15) is 14.7 Å². The second-order valence-electron chi connectivity index (χ2n) is 8.63. The zero-order valence-electron chi connectivity index (χ0n) is 18.0. The Kier molecular flexibility index (Phi) is 6.11. The Labute approximate surface area is 183 Å². The third-order valence-electron chi connectivity index (χ3n) is 6.10. The summed E-state index contributed by atoms with van der Waals surface area (Å²) in [4.78, 5) is 29.1. The number of hydrogen-bond donors (Lipinski definition) is 1. The maximum absolute atomic E-state index is 12.8. The summed E-state index contributed by atoms with van der Waals surface area (Å²) in [6.45, 7) is 4.60. The lowest BCUT2D eigenvalue weighted by atomic mass is 9.73. The highest BCUT2D eigenvalue weighted by atomic mass is 16.3. The molecule has 0 aromatic heterocycles. The van der Waals surface area contributed by atoms with Crippen LogP contribution in [0.4, 0.5) is 0 Å². The van der Waals surface area contributed by atoms with Crippen molar-refractivity contribution >= 4 is 11.8 Å². The van der Waals surface area contributed by atoms with Gasteiger partial charge in [0.2, 0.25) is 11.8 Å². The van der Waals surface area contributed by atoms with E-state index in [1.165, 1.54) is 0 Å². The molecule has 0 bridgehead atoms. The number of aliphatic hydroxyl groups excluding tert-OH is 1. The van der Waals surface area contributed by atoms with Crippen LogP contribution in [0, 0.1) is 17.8 Å². The predicted octanol–water partition coefficient (Wildman–Crippen LogP) is 2.43. The number of amides is 2. The number of carbonyl (C=O) groups excluding carboxylic acids is 2. The molecule has 0 unspecified atom stereocenters. The molecule has 2 aliphatic rings. The third-order valence-corrected chi connectivity index (χ3v) is 6.10. The fourth-order valence-corrected chi connectivity index (χ4v) is 4.59. The molecule has 2 aromatic carbocycles. The maximum Gasteiger partial charge on any atom is 0.242 e. The quantitative estimate of drug-likeness (QED) is 0.779. The summed E-state index contributed by atoms with van der Waals surface area (Å²) < 4.78 is 0. The normalized spacial score (nSPS) is 22.5. The lowest BCUT2D eigenvalue weighted by Gasteiger charge is -2.58. The van der Waals surface area contributed by atoms with Crippen LogP contribution in [0.1, 0.15) is 36.5 Å². The van der Waals surface area contributed by atoms with Gasteiger partial charge in [-0.05, 0) is 23.3 Å². The molecule has 0 radical (unpaired) electrons. The molecule has 2 aliphatic heterocycles. The van der Waals surface area contributed by atoms with E-state index in [2.05, 4.69) is 25.7 Å². The first kappa shape index (κ1) is 21.1. The lowest BCUT2D eigenvalue weighted by Crippen LogP contribution is -2.73. The van der Waals surface area contributed by atoms with Crippen molar-refractivity contribution in [2.24, 2.45) is 5.92 Å². The second-order valence-corrected chi connectivity index (χ2v) is 8.63. The zero-order chi connectivity index (χ0) is 22.0. The monoisotopic (exact) mass is 416 g/mol. The SMILES string of the molecule is CC(C)C#Cc1ccc([C@H]2[C@H]3CN(C(=O)Cc4ccccc4)CC(=O)N3[C@H]2CO)cc1. The second kappa shape index (κ2) is 8.95. The number of carbonyl (C=O) groups is 2. The minimum Gasteiger partial charge on any atom is -0.394 e. The zero-order valence-corrected chi connectivity index (χ0v) is 18.0. The average molecular weight is 417 g/mol. The van der Waals surface area contributed by atoms with Crippen molar-refractivity contribution in [3.63, 3.8) is 0 Å². The minimum atomic E-state index is -0.239. The molecule has 3 atom stereocenters. The maximum atomic E-state index is 12.8. The molecule has 1 N–H and O–H groups in total. The molecule has 5 heteroatoms. The molecule has 2 amide bonds. The first-order valence-corrected chi connectivity index (χ1v) is 10.8. The highest BCUT2D eigenvalue weighted by molar-refractivity contribution is 5.88. The first-order valence-electron chi connectivity index (χ1n) is 10.8. The van der Waals surface area contributed by atoms with Gasteiger partial charge in [0.15, 0.2) is 0 Å². The van der Waals surface area contributed by atoms with Crippen LogP contribution in [0.5, 0.6) is 0 Å². The molecule has 2 aromatic rings. The molecule has 2 heterocycles. The van der Waals surface area contributed by atoms with Gasteiger partial charge in [0.25, 0.3) is 0 Å². The molecule has 2 saturated heterocycles. The molecule has 2 fully saturated rings. The molecular weight excluding hydrogens is 388 g/mol. The van der Waals surface area contributed by atoms with Gasteiger partial charge in [-0.1, -0.05) is 68.2 Å². The smallest absolute Gasteiger partial charge is 0.242 e. The van der Waals surface area contributed by atoms with E-state index in [4.69, 9.17) is 0 Å². The van der Waals surface area contributed by atoms with Crippen LogP contribution in [0.3, 0.4) is 0 Å². The van der Waals surface area contributed by atoms with Gasteiger partial charge in [0, 0.05) is 23.9 Å². The number of fused-ring (bicyclic) bond motifs is 1. The van der Waals surface area contributed by atoms with Gasteiger partial charge in [-0.15, -0.1) is 0 Å². The topological polar surface area (TPSA) is 60.9 Å². The van der Waals surface area contributed by atoms with Crippen LogP contribution in [0.2, 0.25) is 0 Å². The van der Waals surface area contributed by atoms with Crippen molar-refractivity contribution < 1.29 is 14.7 Å². The van der Waals surface area contributed by atoms with Crippen LogP contribution in [0.15, 0.2) is 54.6 Å². The molecule has 4 rings (SSSR count). The van der Waals surface area contributed by atoms with E-state index in [1.807, 2.05) is 54.6 Å². The van der Waals surface area contributed by atoms with Crippen LogP contribution in [-0.4, -0.2) is 58.5 Å². The van der Waals surface area contributed by atoms with Crippen molar-refractivity contribution in [2.75, 3.05) is 19.7 Å². The highest BCUT2D eigenvalue weighted by Gasteiger charge is 2.54. The lowest BCUT2D eigenvalue weighted by molar-refractivity contribution is -0.166. The summed E-state index contributed by atoms with van der Waals surface area (Å²) in [6.07, 6.45) is 0.290. The molecule has 0 aliphatic carbocycles. The van der Waals surface area contributed by atoms with Crippen LogP contribution < -0.4 is 0 Å². The van der Waals surface area contributed by atoms with E-state index in [1.54, 1.807) is 9.80 Å². The standard InChI is InChI=1S/C26H28N2O3/c1-18(2)8-9-19-10-12-21(13-11-19)26-22-15-27(16-25(31)28(22)23(26)17-29)24(30)14-20-6-4-3-5-7-20/h3-7,10-13,18,22-23,26,29H,14-17H2,1-2H3/t22-,23+,26+/m1/s1. The average Bonchev–Trinajstić information content (AvgIpc) is 2.75. The van der Waals surface area contributed by atoms with Crippen LogP contribution in [-0.2, 0) is 16.0 Å². The minimum absolute atomic E-state index is 0.00776. The first-order chi connectivity index (χ1) is 15.0. The number of nitrogens with zero attached hydrogens (tertiary/aromatic N) is 2. The van der Waals surface area contributed by atoms with Gasteiger partial charge in [0.1, 0.15) is 0 Å². The molecule has 5 nitrogen and oxygen atoms in total. The van der Waals surface area contributed by atoms with Crippen molar-refractivity contribution in [1.82, 2.24) is 9.80 Å². The Morgan fingerprint density at radius 1 is 1.13 bits per heavy atom. The van der Waals surface area contributed by atoms with E-state index in [-0.39, 0.29) is 49.4 Å². The molecule has 31 heavy (non-hydrogen) atoms. The number of piperazine rings is 1. The Morgan fingerprint density at radius 3 is 2.48 bits per heavy atom. The summed E-state index contributed by atoms with van der Waals surface area (Å²) >= 11 is 0. The summed E-state index contributed by atoms with van der Waals surface area (Å²) in [5.74, 6) is 6.52. The molecule has 0 spiro atoms. The van der Waals surface area contributed by atoms with Gasteiger partial charge in [-0.3, -0.25) is 9.59 Å². The van der Waals surface area contributed by atoms with Gasteiger partial charge in [0.05, 0.1) is 31.7 Å². The summed E-state index contributed by atoms with van der Waals surface area (Å²) in [7, 11) is 0. The Hall–Kier alpha value is -3.10. The van der Waals surface area contributed by atoms with Crippen molar-refractivity contribution in [2.45, 2.75) is 38.3 Å². The van der Waals surface area contributed by atoms with Crippen LogP contribution >= 0.6 is 0 Å². The fourth-order valence-electron chi connectivity index (χ4n) is 4.59. The number of hydrogen-bond acceptors (Lipinski definition) is 3. The molecule has 0 saturated carbocycles. The Bertz CT molecular complexity index is 1000. The summed E-state index contributed by atoms with van der Waals surface area (Å²) in [6, 6.07) is 17.3. The number of benzene rings is 2. The van der Waals surface area contributed by atoms with Crippen molar-refractivity contribution in [3.05, 3.63) is 71.3 Å². The van der Waals surface area contributed by atoms with E-state index >= 15 is 0 Å².